The molecule has 0 radical (unpaired) electrons. The number of pyridine rings is 1. The Balaban J connectivity index is 2.17. The fraction of sp³-hybridized carbons (Fsp3) is 0.214. The highest BCUT2D eigenvalue weighted by Gasteiger charge is 2.16. The Morgan fingerprint density at radius 2 is 1.95 bits per heavy atom. The van der Waals surface area contributed by atoms with E-state index in [0.29, 0.717) is 11.3 Å². The topological polar surface area (TPSA) is 85.1 Å². The third kappa shape index (κ3) is 3.34. The normalized spacial score (nSPS) is 11.5. The maximum Gasteiger partial charge on any atom is 0.241 e. The van der Waals surface area contributed by atoms with Crippen LogP contribution >= 0.6 is 0 Å². The second kappa shape index (κ2) is 5.60. The fourth-order valence-electron chi connectivity index (χ4n) is 1.83. The smallest absolute Gasteiger partial charge is 0.241 e. The highest BCUT2D eigenvalue weighted by molar-refractivity contribution is 7.89. The summed E-state index contributed by atoms with van der Waals surface area (Å²) in [6, 6.07) is 8.43. The first-order valence-electron chi connectivity index (χ1n) is 6.16. The van der Waals surface area contributed by atoms with Gasteiger partial charge in [0.25, 0.3) is 0 Å². The zero-order valence-corrected chi connectivity index (χ0v) is 12.2. The molecule has 0 amide bonds. The van der Waals surface area contributed by atoms with E-state index in [-0.39, 0.29) is 11.4 Å². The molecule has 2 rings (SSSR count). The molecule has 1 heterocycles. The number of nitrogens with two attached hydrogens (primary N) is 1. The molecule has 0 aliphatic carbocycles. The number of nitrogens with one attached hydrogen (secondary N) is 1. The summed E-state index contributed by atoms with van der Waals surface area (Å²) in [7, 11) is -3.55. The van der Waals surface area contributed by atoms with Gasteiger partial charge in [-0.2, -0.15) is 0 Å². The zero-order chi connectivity index (χ0) is 14.8. The van der Waals surface area contributed by atoms with Gasteiger partial charge in [-0.1, -0.05) is 6.07 Å². The van der Waals surface area contributed by atoms with Crippen molar-refractivity contribution in [3.63, 3.8) is 0 Å². The molecule has 0 saturated carbocycles. The molecule has 0 aliphatic heterocycles. The Kier molecular flexibility index (Phi) is 4.06. The lowest BCUT2D eigenvalue weighted by Crippen LogP contribution is -2.24. The Hall–Kier alpha value is -1.92. The SMILES string of the molecule is Cc1ccc(CNS(=O)(=O)c2ccc(N)cc2C)cn1. The van der Waals surface area contributed by atoms with Crippen LogP contribution in [0.3, 0.4) is 0 Å². The number of sulfonamides is 1. The van der Waals surface area contributed by atoms with Crippen molar-refractivity contribution in [3.05, 3.63) is 53.3 Å². The summed E-state index contributed by atoms with van der Waals surface area (Å²) in [6.07, 6.45) is 1.66. The highest BCUT2D eigenvalue weighted by Crippen LogP contribution is 2.17. The first-order chi connectivity index (χ1) is 9.38. The van der Waals surface area contributed by atoms with E-state index in [1.165, 1.54) is 6.07 Å². The lowest BCUT2D eigenvalue weighted by atomic mass is 10.2. The van der Waals surface area contributed by atoms with Gasteiger partial charge in [-0.25, -0.2) is 13.1 Å². The van der Waals surface area contributed by atoms with Crippen LogP contribution in [0.4, 0.5) is 5.69 Å². The van der Waals surface area contributed by atoms with Gasteiger partial charge in [-0.15, -0.1) is 0 Å². The van der Waals surface area contributed by atoms with Crippen LogP contribution < -0.4 is 10.5 Å². The molecule has 0 unspecified atom stereocenters. The average Bonchev–Trinajstić information content (AvgIpc) is 2.37. The standard InChI is InChI=1S/C14H17N3O2S/c1-10-7-13(15)5-6-14(10)20(18,19)17-9-12-4-3-11(2)16-8-12/h3-8,17H,9,15H2,1-2H3. The summed E-state index contributed by atoms with van der Waals surface area (Å²) < 4.78 is 27.0. The van der Waals surface area contributed by atoms with E-state index < -0.39 is 10.0 Å². The van der Waals surface area contributed by atoms with Gasteiger partial charge >= 0.3 is 0 Å². The Labute approximate surface area is 118 Å². The molecule has 6 heteroatoms. The van der Waals surface area contributed by atoms with E-state index in [4.69, 9.17) is 5.73 Å². The number of anilines is 1. The van der Waals surface area contributed by atoms with Gasteiger partial charge in [0.1, 0.15) is 0 Å². The van der Waals surface area contributed by atoms with E-state index in [1.807, 2.05) is 19.1 Å². The van der Waals surface area contributed by atoms with Crippen molar-refractivity contribution in [2.24, 2.45) is 0 Å². The fourth-order valence-corrected chi connectivity index (χ4v) is 3.08. The molecule has 0 saturated heterocycles. The molecule has 3 N–H and O–H groups in total. The van der Waals surface area contributed by atoms with Crippen molar-refractivity contribution in [1.82, 2.24) is 9.71 Å². The zero-order valence-electron chi connectivity index (χ0n) is 11.4. The van der Waals surface area contributed by atoms with Crippen molar-refractivity contribution in [1.29, 1.82) is 0 Å². The van der Waals surface area contributed by atoms with E-state index in [9.17, 15) is 8.42 Å². The van der Waals surface area contributed by atoms with Gasteiger partial charge in [0.05, 0.1) is 4.90 Å². The van der Waals surface area contributed by atoms with Crippen LogP contribution in [-0.4, -0.2) is 13.4 Å². The highest BCUT2D eigenvalue weighted by atomic mass is 32.2. The maximum atomic E-state index is 12.2. The first-order valence-corrected chi connectivity index (χ1v) is 7.64. The van der Waals surface area contributed by atoms with Crippen LogP contribution in [-0.2, 0) is 16.6 Å². The van der Waals surface area contributed by atoms with Crippen LogP contribution in [0, 0.1) is 13.8 Å². The largest absolute Gasteiger partial charge is 0.399 e. The molecule has 20 heavy (non-hydrogen) atoms. The molecular formula is C14H17N3O2S. The Bertz CT molecular complexity index is 710. The lowest BCUT2D eigenvalue weighted by Gasteiger charge is -2.10. The summed E-state index contributed by atoms with van der Waals surface area (Å²) in [5.41, 5.74) is 8.50. The summed E-state index contributed by atoms with van der Waals surface area (Å²) in [5.74, 6) is 0. The average molecular weight is 291 g/mol. The van der Waals surface area contributed by atoms with E-state index in [1.54, 1.807) is 25.3 Å². The molecule has 1 aromatic carbocycles. The maximum absolute atomic E-state index is 12.2. The number of aryl methyl sites for hydroxylation is 2. The monoisotopic (exact) mass is 291 g/mol. The summed E-state index contributed by atoms with van der Waals surface area (Å²) in [4.78, 5) is 4.37. The molecule has 0 atom stereocenters. The van der Waals surface area contributed by atoms with Crippen LogP contribution in [0.5, 0.6) is 0 Å². The third-order valence-electron chi connectivity index (χ3n) is 2.93. The van der Waals surface area contributed by atoms with Crippen LogP contribution in [0.1, 0.15) is 16.8 Å². The number of hydrogen-bond donors (Lipinski definition) is 2. The van der Waals surface area contributed by atoms with Crippen molar-refractivity contribution in [3.8, 4) is 0 Å². The van der Waals surface area contributed by atoms with E-state index in [2.05, 4.69) is 9.71 Å². The van der Waals surface area contributed by atoms with Crippen LogP contribution in [0.25, 0.3) is 0 Å². The minimum Gasteiger partial charge on any atom is -0.399 e. The van der Waals surface area contributed by atoms with Crippen molar-refractivity contribution in [2.45, 2.75) is 25.3 Å². The third-order valence-corrected chi connectivity index (χ3v) is 4.49. The second-order valence-electron chi connectivity index (χ2n) is 4.66. The van der Waals surface area contributed by atoms with Gasteiger partial charge in [0.2, 0.25) is 10.0 Å². The van der Waals surface area contributed by atoms with E-state index >= 15 is 0 Å². The quantitative estimate of drug-likeness (QED) is 0.841. The number of benzene rings is 1. The Morgan fingerprint density at radius 3 is 2.55 bits per heavy atom. The van der Waals surface area contributed by atoms with Gasteiger partial charge in [0, 0.05) is 24.1 Å². The molecule has 0 fully saturated rings. The summed E-state index contributed by atoms with van der Waals surface area (Å²) in [5, 5.41) is 0. The van der Waals surface area contributed by atoms with Gasteiger partial charge in [0.15, 0.2) is 0 Å². The molecule has 106 valence electrons. The van der Waals surface area contributed by atoms with Crippen molar-refractivity contribution in [2.75, 3.05) is 5.73 Å². The number of nitrogens with zero attached hydrogens (tertiary/aromatic N) is 1. The van der Waals surface area contributed by atoms with Crippen molar-refractivity contribution < 1.29 is 8.42 Å². The molecule has 1 aromatic heterocycles. The molecule has 2 aromatic rings. The number of aromatic nitrogens is 1. The first kappa shape index (κ1) is 14.5. The lowest BCUT2D eigenvalue weighted by molar-refractivity contribution is 0.580. The number of nitrogen functional groups attached to an aromatic ring is 1. The molecule has 5 nitrogen and oxygen atoms in total. The van der Waals surface area contributed by atoms with Gasteiger partial charge in [-0.3, -0.25) is 4.98 Å². The molecule has 0 bridgehead atoms. The predicted molar refractivity (Wildman–Crippen MR) is 78.6 cm³/mol. The minimum absolute atomic E-state index is 0.208. The Morgan fingerprint density at radius 1 is 1.20 bits per heavy atom. The van der Waals surface area contributed by atoms with Crippen LogP contribution in [0.2, 0.25) is 0 Å². The van der Waals surface area contributed by atoms with Crippen LogP contribution in [0.15, 0.2) is 41.4 Å². The molecule has 0 aliphatic rings. The predicted octanol–water partition coefficient (Wildman–Crippen LogP) is 1.76. The van der Waals surface area contributed by atoms with Gasteiger partial charge < -0.3 is 5.73 Å². The molecular weight excluding hydrogens is 274 g/mol. The molecule has 0 spiro atoms. The minimum atomic E-state index is -3.55. The number of rotatable bonds is 4. The number of hydrogen-bond acceptors (Lipinski definition) is 4. The summed E-state index contributed by atoms with van der Waals surface area (Å²) in [6.45, 7) is 3.81. The van der Waals surface area contributed by atoms with Gasteiger partial charge in [-0.05, 0) is 49.2 Å². The summed E-state index contributed by atoms with van der Waals surface area (Å²) >= 11 is 0. The second-order valence-corrected chi connectivity index (χ2v) is 6.39. The van der Waals surface area contributed by atoms with E-state index in [0.717, 1.165) is 11.3 Å². The van der Waals surface area contributed by atoms with Crippen molar-refractivity contribution >= 4 is 15.7 Å².